The van der Waals surface area contributed by atoms with Crippen molar-refractivity contribution >= 4 is 35.0 Å². The molecule has 3 aromatic carbocycles. The van der Waals surface area contributed by atoms with Crippen molar-refractivity contribution in [2.24, 2.45) is 0 Å². The maximum Gasteiger partial charge on any atom is 0.243 e. The van der Waals surface area contributed by atoms with E-state index in [0.717, 1.165) is 28.7 Å². The number of nitrogens with one attached hydrogen (secondary N) is 1. The molecule has 0 radical (unpaired) electrons. The SMILES string of the molecule is CCC(C)NC(=O)C(Cc1ccccc1)N(Cc1c(Cl)cccc1Cl)C(=O)Cc1cc(C)cc(C)c1. The van der Waals surface area contributed by atoms with Crippen LogP contribution >= 0.6 is 23.2 Å². The van der Waals surface area contributed by atoms with E-state index < -0.39 is 6.04 Å². The molecule has 0 saturated carbocycles. The van der Waals surface area contributed by atoms with Gasteiger partial charge in [-0.05, 0) is 50.5 Å². The normalized spacial score (nSPS) is 12.6. The molecule has 0 saturated heterocycles. The molecule has 0 heterocycles. The van der Waals surface area contributed by atoms with Crippen LogP contribution in [0.15, 0.2) is 66.7 Å². The second kappa shape index (κ2) is 12.9. The third kappa shape index (κ3) is 7.59. The fraction of sp³-hybridized carbons (Fsp3) is 0.333. The highest BCUT2D eigenvalue weighted by atomic mass is 35.5. The summed E-state index contributed by atoms with van der Waals surface area (Å²) in [6, 6.07) is 20.4. The van der Waals surface area contributed by atoms with Crippen molar-refractivity contribution in [2.75, 3.05) is 0 Å². The lowest BCUT2D eigenvalue weighted by atomic mass is 10.00. The van der Waals surface area contributed by atoms with Crippen LogP contribution in [-0.4, -0.2) is 28.8 Å². The average molecular weight is 526 g/mol. The first-order valence-corrected chi connectivity index (χ1v) is 13.1. The number of carbonyl (C=O) groups is 2. The summed E-state index contributed by atoms with van der Waals surface area (Å²) in [5.74, 6) is -0.346. The van der Waals surface area contributed by atoms with E-state index in [0.29, 0.717) is 22.0 Å². The zero-order valence-corrected chi connectivity index (χ0v) is 22.9. The van der Waals surface area contributed by atoms with Gasteiger partial charge in [0.15, 0.2) is 0 Å². The minimum absolute atomic E-state index is 0.0175. The smallest absolute Gasteiger partial charge is 0.243 e. The Morgan fingerprint density at radius 2 is 1.50 bits per heavy atom. The van der Waals surface area contributed by atoms with Gasteiger partial charge in [-0.15, -0.1) is 0 Å². The van der Waals surface area contributed by atoms with E-state index in [2.05, 4.69) is 11.4 Å². The highest BCUT2D eigenvalue weighted by Gasteiger charge is 2.32. The van der Waals surface area contributed by atoms with Gasteiger partial charge in [-0.2, -0.15) is 0 Å². The van der Waals surface area contributed by atoms with E-state index in [1.165, 1.54) is 0 Å². The first kappa shape index (κ1) is 27.8. The summed E-state index contributed by atoms with van der Waals surface area (Å²) in [5, 5.41) is 4.01. The molecule has 6 heteroatoms. The molecule has 36 heavy (non-hydrogen) atoms. The van der Waals surface area contributed by atoms with Crippen LogP contribution < -0.4 is 5.32 Å². The molecule has 3 rings (SSSR count). The fourth-order valence-electron chi connectivity index (χ4n) is 4.30. The summed E-state index contributed by atoms with van der Waals surface area (Å²) in [5.41, 5.74) is 4.69. The zero-order valence-electron chi connectivity index (χ0n) is 21.4. The summed E-state index contributed by atoms with van der Waals surface area (Å²) >= 11 is 13.0. The number of amides is 2. The molecule has 2 atom stereocenters. The van der Waals surface area contributed by atoms with E-state index in [1.54, 1.807) is 23.1 Å². The largest absolute Gasteiger partial charge is 0.352 e. The minimum Gasteiger partial charge on any atom is -0.352 e. The predicted molar refractivity (Wildman–Crippen MR) is 148 cm³/mol. The van der Waals surface area contributed by atoms with Gasteiger partial charge in [-0.1, -0.05) is 95.8 Å². The molecule has 190 valence electrons. The Morgan fingerprint density at radius 3 is 2.08 bits per heavy atom. The summed E-state index contributed by atoms with van der Waals surface area (Å²) in [4.78, 5) is 29.2. The molecule has 2 unspecified atom stereocenters. The molecular weight excluding hydrogens is 491 g/mol. The Morgan fingerprint density at radius 1 is 0.889 bits per heavy atom. The Kier molecular flexibility index (Phi) is 9.98. The van der Waals surface area contributed by atoms with Gasteiger partial charge in [-0.25, -0.2) is 0 Å². The predicted octanol–water partition coefficient (Wildman–Crippen LogP) is 6.71. The molecule has 0 spiro atoms. The van der Waals surface area contributed by atoms with Crippen molar-refractivity contribution in [1.82, 2.24) is 10.2 Å². The Hall–Kier alpha value is -2.82. The van der Waals surface area contributed by atoms with Gasteiger partial charge in [0.2, 0.25) is 11.8 Å². The van der Waals surface area contributed by atoms with E-state index in [4.69, 9.17) is 23.2 Å². The summed E-state index contributed by atoms with van der Waals surface area (Å²) < 4.78 is 0. The van der Waals surface area contributed by atoms with Gasteiger partial charge in [-0.3, -0.25) is 9.59 Å². The van der Waals surface area contributed by atoms with Gasteiger partial charge in [0, 0.05) is 34.6 Å². The molecule has 4 nitrogen and oxygen atoms in total. The van der Waals surface area contributed by atoms with Crippen LogP contribution in [0.3, 0.4) is 0 Å². The van der Waals surface area contributed by atoms with E-state index in [1.807, 2.05) is 70.2 Å². The maximum atomic E-state index is 13.9. The highest BCUT2D eigenvalue weighted by molar-refractivity contribution is 6.36. The number of rotatable bonds is 10. The zero-order chi connectivity index (χ0) is 26.2. The minimum atomic E-state index is -0.729. The summed E-state index contributed by atoms with van der Waals surface area (Å²) in [6.07, 6.45) is 1.34. The second-order valence-corrected chi connectivity index (χ2v) is 10.2. The number of hydrogen-bond donors (Lipinski definition) is 1. The van der Waals surface area contributed by atoms with Crippen LogP contribution in [0.4, 0.5) is 0 Å². The van der Waals surface area contributed by atoms with Gasteiger partial charge >= 0.3 is 0 Å². The van der Waals surface area contributed by atoms with Crippen LogP contribution in [0.5, 0.6) is 0 Å². The van der Waals surface area contributed by atoms with Crippen molar-refractivity contribution in [2.45, 2.75) is 65.6 Å². The van der Waals surface area contributed by atoms with Crippen LogP contribution in [0.25, 0.3) is 0 Å². The van der Waals surface area contributed by atoms with Gasteiger partial charge in [0.25, 0.3) is 0 Å². The van der Waals surface area contributed by atoms with Crippen LogP contribution in [-0.2, 0) is 29.0 Å². The van der Waals surface area contributed by atoms with Crippen molar-refractivity contribution in [3.8, 4) is 0 Å². The van der Waals surface area contributed by atoms with Gasteiger partial charge < -0.3 is 10.2 Å². The number of carbonyl (C=O) groups excluding carboxylic acids is 2. The number of benzene rings is 3. The Labute approximate surface area is 224 Å². The highest BCUT2D eigenvalue weighted by Crippen LogP contribution is 2.28. The second-order valence-electron chi connectivity index (χ2n) is 9.42. The topological polar surface area (TPSA) is 49.4 Å². The van der Waals surface area contributed by atoms with Crippen molar-refractivity contribution in [3.63, 3.8) is 0 Å². The van der Waals surface area contributed by atoms with E-state index in [-0.39, 0.29) is 30.8 Å². The van der Waals surface area contributed by atoms with E-state index >= 15 is 0 Å². The molecule has 0 fully saturated rings. The molecule has 3 aromatic rings. The first-order valence-electron chi connectivity index (χ1n) is 12.3. The fourth-order valence-corrected chi connectivity index (χ4v) is 4.81. The molecular formula is C30H34Cl2N2O2. The molecule has 0 aliphatic heterocycles. The lowest BCUT2D eigenvalue weighted by Crippen LogP contribution is -2.52. The number of nitrogens with zero attached hydrogens (tertiary/aromatic N) is 1. The van der Waals surface area contributed by atoms with Crippen LogP contribution in [0.2, 0.25) is 10.0 Å². The van der Waals surface area contributed by atoms with Crippen LogP contribution in [0, 0.1) is 13.8 Å². The van der Waals surface area contributed by atoms with Gasteiger partial charge in [0.1, 0.15) is 6.04 Å². The molecule has 0 aliphatic carbocycles. The van der Waals surface area contributed by atoms with Gasteiger partial charge in [0.05, 0.1) is 6.42 Å². The summed E-state index contributed by atoms with van der Waals surface area (Å²) in [6.45, 7) is 8.14. The molecule has 0 aliphatic rings. The maximum absolute atomic E-state index is 13.9. The van der Waals surface area contributed by atoms with Crippen molar-refractivity contribution in [1.29, 1.82) is 0 Å². The Bertz CT molecular complexity index is 1160. The average Bonchev–Trinajstić information content (AvgIpc) is 2.82. The third-order valence-electron chi connectivity index (χ3n) is 6.30. The third-order valence-corrected chi connectivity index (χ3v) is 7.01. The standard InChI is InChI=1S/C30H34Cl2N2O2/c1-5-22(4)33-30(36)28(17-23-10-7-6-8-11-23)34(19-25-26(31)12-9-13-27(25)32)29(35)18-24-15-20(2)14-21(3)16-24/h6-16,22,28H,5,17-19H2,1-4H3,(H,33,36). The van der Waals surface area contributed by atoms with E-state index in [9.17, 15) is 9.59 Å². The lowest BCUT2D eigenvalue weighted by Gasteiger charge is -2.33. The van der Waals surface area contributed by atoms with Crippen LogP contribution in [0.1, 0.15) is 48.1 Å². The molecule has 2 amide bonds. The molecule has 0 aromatic heterocycles. The summed E-state index contributed by atoms with van der Waals surface area (Å²) in [7, 11) is 0. The molecule has 0 bridgehead atoms. The molecule has 1 N–H and O–H groups in total. The number of halogens is 2. The Balaban J connectivity index is 2.04. The number of aryl methyl sites for hydroxylation is 2. The quantitative estimate of drug-likeness (QED) is 0.320. The van der Waals surface area contributed by atoms with Crippen molar-refractivity contribution < 1.29 is 9.59 Å². The van der Waals surface area contributed by atoms with Crippen molar-refractivity contribution in [3.05, 3.63) is 105 Å². The number of hydrogen-bond acceptors (Lipinski definition) is 2. The first-order chi connectivity index (χ1) is 17.2. The lowest BCUT2D eigenvalue weighted by molar-refractivity contribution is -0.141. The monoisotopic (exact) mass is 524 g/mol.